The van der Waals surface area contributed by atoms with Crippen molar-refractivity contribution in [2.24, 2.45) is 0 Å². The second-order valence-electron chi connectivity index (χ2n) is 8.40. The third-order valence-corrected chi connectivity index (χ3v) is 6.24. The maximum absolute atomic E-state index is 13.4. The van der Waals surface area contributed by atoms with E-state index in [1.54, 1.807) is 26.2 Å². The molecule has 2 fully saturated rings. The quantitative estimate of drug-likeness (QED) is 0.638. The largest absolute Gasteiger partial charge is 0.497 e. The highest BCUT2D eigenvalue weighted by molar-refractivity contribution is 5.95. The zero-order valence-electron chi connectivity index (χ0n) is 18.3. The Morgan fingerprint density at radius 1 is 1.13 bits per heavy atom. The number of ketones is 1. The van der Waals surface area contributed by atoms with E-state index in [1.807, 2.05) is 42.2 Å². The van der Waals surface area contributed by atoms with Crippen LogP contribution in [0.4, 0.5) is 0 Å². The molecule has 0 radical (unpaired) electrons. The molecule has 1 heterocycles. The van der Waals surface area contributed by atoms with Crippen molar-refractivity contribution in [2.75, 3.05) is 33.4 Å². The predicted octanol–water partition coefficient (Wildman–Crippen LogP) is 3.54. The van der Waals surface area contributed by atoms with Crippen LogP contribution in [0.2, 0.25) is 0 Å². The average molecular weight is 424 g/mol. The molecule has 4 rings (SSSR count). The molecule has 0 aromatic heterocycles. The van der Waals surface area contributed by atoms with Gasteiger partial charge >= 0.3 is 0 Å². The number of ether oxygens (including phenoxy) is 3. The van der Waals surface area contributed by atoms with Crippen molar-refractivity contribution >= 4 is 11.7 Å². The lowest BCUT2D eigenvalue weighted by Gasteiger charge is -2.35. The molecule has 2 aromatic rings. The van der Waals surface area contributed by atoms with Crippen molar-refractivity contribution in [1.29, 1.82) is 0 Å². The van der Waals surface area contributed by atoms with E-state index in [4.69, 9.17) is 14.2 Å². The summed E-state index contributed by atoms with van der Waals surface area (Å²) in [7, 11) is 1.64. The van der Waals surface area contributed by atoms with Gasteiger partial charge in [0.25, 0.3) is 0 Å². The molecule has 0 N–H and O–H groups in total. The first-order chi connectivity index (χ1) is 14.9. The van der Waals surface area contributed by atoms with E-state index in [0.29, 0.717) is 37.6 Å². The summed E-state index contributed by atoms with van der Waals surface area (Å²) in [6, 6.07) is 13.3. The number of morpholine rings is 1. The van der Waals surface area contributed by atoms with Gasteiger partial charge in [-0.2, -0.15) is 0 Å². The number of hydrogen-bond donors (Lipinski definition) is 0. The fourth-order valence-electron chi connectivity index (χ4n) is 4.28. The fourth-order valence-corrected chi connectivity index (χ4v) is 4.28. The Kier molecular flexibility index (Phi) is 6.01. The Hall–Kier alpha value is -2.86. The smallest absolute Gasteiger partial charge is 0.233 e. The van der Waals surface area contributed by atoms with Gasteiger partial charge in [0.15, 0.2) is 5.78 Å². The molecule has 1 amide bonds. The van der Waals surface area contributed by atoms with Crippen LogP contribution in [0.3, 0.4) is 0 Å². The second kappa shape index (κ2) is 8.71. The highest BCUT2D eigenvalue weighted by Crippen LogP contribution is 2.50. The van der Waals surface area contributed by atoms with E-state index in [0.717, 1.165) is 29.7 Å². The van der Waals surface area contributed by atoms with Gasteiger partial charge in [0.05, 0.1) is 25.7 Å². The molecule has 0 spiro atoms. The van der Waals surface area contributed by atoms with Crippen molar-refractivity contribution < 1.29 is 23.8 Å². The first-order valence-electron chi connectivity index (χ1n) is 10.7. The second-order valence-corrected chi connectivity index (χ2v) is 8.40. The number of carbonyl (C=O) groups is 2. The van der Waals surface area contributed by atoms with Gasteiger partial charge in [-0.05, 0) is 68.1 Å². The maximum Gasteiger partial charge on any atom is 0.233 e. The molecule has 1 saturated heterocycles. The number of nitrogens with zero attached hydrogens (tertiary/aromatic N) is 1. The number of rotatable bonds is 7. The van der Waals surface area contributed by atoms with Crippen LogP contribution in [0.25, 0.3) is 0 Å². The van der Waals surface area contributed by atoms with E-state index in [9.17, 15) is 9.59 Å². The van der Waals surface area contributed by atoms with Gasteiger partial charge in [0.1, 0.15) is 24.2 Å². The third kappa shape index (κ3) is 4.44. The number of methoxy groups -OCH3 is 1. The predicted molar refractivity (Wildman–Crippen MR) is 117 cm³/mol. The van der Waals surface area contributed by atoms with Crippen LogP contribution in [-0.4, -0.2) is 56.1 Å². The molecule has 6 nitrogen and oxygen atoms in total. The summed E-state index contributed by atoms with van der Waals surface area (Å²) in [5.74, 6) is 1.71. The van der Waals surface area contributed by atoms with Crippen LogP contribution in [0, 0.1) is 6.92 Å². The van der Waals surface area contributed by atoms with Crippen molar-refractivity contribution in [3.05, 3.63) is 59.2 Å². The first kappa shape index (κ1) is 21.4. The first-order valence-corrected chi connectivity index (χ1v) is 10.7. The van der Waals surface area contributed by atoms with E-state index in [2.05, 4.69) is 0 Å². The average Bonchev–Trinajstić information content (AvgIpc) is 3.59. The van der Waals surface area contributed by atoms with Crippen LogP contribution in [0.5, 0.6) is 11.5 Å². The van der Waals surface area contributed by atoms with Crippen LogP contribution in [0.1, 0.15) is 41.3 Å². The Morgan fingerprint density at radius 3 is 2.45 bits per heavy atom. The summed E-state index contributed by atoms with van der Waals surface area (Å²) >= 11 is 0. The SMILES string of the molecule is COc1ccc(C2(C(=O)N3CCOC(COc4ccc(C(C)=O)c(C)c4)C3)CC2)cc1. The summed E-state index contributed by atoms with van der Waals surface area (Å²) in [5, 5.41) is 0. The Morgan fingerprint density at radius 2 is 1.84 bits per heavy atom. The summed E-state index contributed by atoms with van der Waals surface area (Å²) in [5.41, 5.74) is 2.24. The van der Waals surface area contributed by atoms with E-state index in [1.165, 1.54) is 0 Å². The number of aryl methyl sites for hydroxylation is 1. The number of benzene rings is 2. The van der Waals surface area contributed by atoms with E-state index in [-0.39, 0.29) is 17.8 Å². The lowest BCUT2D eigenvalue weighted by molar-refractivity contribution is -0.142. The zero-order valence-corrected chi connectivity index (χ0v) is 18.3. The number of carbonyl (C=O) groups excluding carboxylic acids is 2. The summed E-state index contributed by atoms with van der Waals surface area (Å²) in [6.45, 7) is 5.43. The van der Waals surface area contributed by atoms with Gasteiger partial charge in [-0.25, -0.2) is 0 Å². The third-order valence-electron chi connectivity index (χ3n) is 6.24. The summed E-state index contributed by atoms with van der Waals surface area (Å²) in [6.07, 6.45) is 1.56. The molecule has 0 bridgehead atoms. The Bertz CT molecular complexity index is 964. The van der Waals surface area contributed by atoms with Crippen molar-refractivity contribution in [1.82, 2.24) is 4.90 Å². The highest BCUT2D eigenvalue weighted by atomic mass is 16.5. The van der Waals surface area contributed by atoms with Crippen LogP contribution in [-0.2, 0) is 14.9 Å². The van der Waals surface area contributed by atoms with Crippen molar-refractivity contribution in [3.63, 3.8) is 0 Å². The number of hydrogen-bond acceptors (Lipinski definition) is 5. The van der Waals surface area contributed by atoms with Crippen LogP contribution in [0.15, 0.2) is 42.5 Å². The molecule has 164 valence electrons. The van der Waals surface area contributed by atoms with Crippen molar-refractivity contribution in [2.45, 2.75) is 38.2 Å². The molecule has 2 aromatic carbocycles. The lowest BCUT2D eigenvalue weighted by Crippen LogP contribution is -2.50. The molecule has 2 aliphatic rings. The minimum absolute atomic E-state index is 0.0414. The molecule has 1 aliphatic heterocycles. The summed E-state index contributed by atoms with van der Waals surface area (Å²) < 4.78 is 17.0. The molecular weight excluding hydrogens is 394 g/mol. The van der Waals surface area contributed by atoms with Crippen LogP contribution >= 0.6 is 0 Å². The fraction of sp³-hybridized carbons (Fsp3) is 0.440. The maximum atomic E-state index is 13.4. The van der Waals surface area contributed by atoms with Crippen LogP contribution < -0.4 is 9.47 Å². The van der Waals surface area contributed by atoms with Crippen molar-refractivity contribution in [3.8, 4) is 11.5 Å². The minimum atomic E-state index is -0.408. The topological polar surface area (TPSA) is 65.1 Å². The highest BCUT2D eigenvalue weighted by Gasteiger charge is 2.53. The standard InChI is InChI=1S/C25H29NO5/c1-17-14-21(8-9-23(17)18(2)27)31-16-22-15-26(12-13-30-22)24(28)25(10-11-25)19-4-6-20(29-3)7-5-19/h4-9,14,22H,10-13,15-16H2,1-3H3. The molecule has 1 atom stereocenters. The van der Waals surface area contributed by atoms with E-state index < -0.39 is 5.41 Å². The molecule has 1 saturated carbocycles. The van der Waals surface area contributed by atoms with Gasteiger partial charge in [-0.15, -0.1) is 0 Å². The normalized spacial score (nSPS) is 19.6. The Labute approximate surface area is 183 Å². The van der Waals surface area contributed by atoms with Gasteiger partial charge < -0.3 is 19.1 Å². The monoisotopic (exact) mass is 423 g/mol. The van der Waals surface area contributed by atoms with Gasteiger partial charge in [-0.1, -0.05) is 12.1 Å². The lowest BCUT2D eigenvalue weighted by atomic mass is 9.94. The van der Waals surface area contributed by atoms with Gasteiger partial charge in [-0.3, -0.25) is 9.59 Å². The van der Waals surface area contributed by atoms with Gasteiger partial charge in [0.2, 0.25) is 5.91 Å². The Balaban J connectivity index is 1.37. The number of Topliss-reactive ketones (excluding diaryl/α,β-unsaturated/α-hetero) is 1. The number of amides is 1. The molecule has 1 aliphatic carbocycles. The zero-order chi connectivity index (χ0) is 22.0. The van der Waals surface area contributed by atoms with E-state index >= 15 is 0 Å². The molecular formula is C25H29NO5. The minimum Gasteiger partial charge on any atom is -0.497 e. The summed E-state index contributed by atoms with van der Waals surface area (Å²) in [4.78, 5) is 26.9. The van der Waals surface area contributed by atoms with Gasteiger partial charge in [0, 0.05) is 12.1 Å². The molecule has 1 unspecified atom stereocenters. The molecule has 31 heavy (non-hydrogen) atoms. The molecule has 6 heteroatoms.